The molecule has 2 aromatic rings. The smallest absolute Gasteiger partial charge is 0.170 e. The van der Waals surface area contributed by atoms with Crippen molar-refractivity contribution in [2.45, 2.75) is 26.3 Å². The Bertz CT molecular complexity index is 518. The molecule has 1 heterocycles. The molecule has 100 valence electrons. The topological polar surface area (TPSA) is 55.6 Å². The number of nitrogens with zero attached hydrogens (tertiary/aromatic N) is 4. The number of benzene rings is 1. The van der Waals surface area contributed by atoms with Crippen molar-refractivity contribution in [3.05, 3.63) is 36.2 Å². The second-order valence-electron chi connectivity index (χ2n) is 5.29. The lowest BCUT2D eigenvalue weighted by molar-refractivity contribution is 0.456. The van der Waals surface area contributed by atoms with Crippen LogP contribution in [0.15, 0.2) is 30.3 Å². The Morgan fingerprint density at radius 3 is 2.84 bits per heavy atom. The molecule has 1 saturated carbocycles. The minimum atomic E-state index is 0.707. The minimum Gasteiger partial charge on any atom is -0.310 e. The molecule has 1 aliphatic carbocycles. The average Bonchev–Trinajstić information content (AvgIpc) is 3.20. The van der Waals surface area contributed by atoms with E-state index in [0.717, 1.165) is 29.9 Å². The summed E-state index contributed by atoms with van der Waals surface area (Å²) in [5.41, 5.74) is 1.000. The van der Waals surface area contributed by atoms with E-state index < -0.39 is 0 Å². The molecule has 1 atom stereocenters. The molecule has 1 aromatic heterocycles. The van der Waals surface area contributed by atoms with Crippen LogP contribution in [0.5, 0.6) is 0 Å². The van der Waals surface area contributed by atoms with Gasteiger partial charge < -0.3 is 5.32 Å². The van der Waals surface area contributed by atoms with Gasteiger partial charge in [-0.15, -0.1) is 5.10 Å². The van der Waals surface area contributed by atoms with Crippen LogP contribution < -0.4 is 5.32 Å². The monoisotopic (exact) mass is 257 g/mol. The fourth-order valence-corrected chi connectivity index (χ4v) is 2.33. The zero-order chi connectivity index (χ0) is 13.1. The molecule has 1 aromatic carbocycles. The molecule has 5 nitrogen and oxygen atoms in total. The van der Waals surface area contributed by atoms with Gasteiger partial charge in [-0.25, -0.2) is 0 Å². The van der Waals surface area contributed by atoms with Gasteiger partial charge in [-0.05, 0) is 53.8 Å². The Labute approximate surface area is 113 Å². The van der Waals surface area contributed by atoms with Crippen LogP contribution in [-0.4, -0.2) is 26.8 Å². The van der Waals surface area contributed by atoms with Crippen LogP contribution in [-0.2, 0) is 6.54 Å². The van der Waals surface area contributed by atoms with E-state index in [1.807, 2.05) is 30.3 Å². The Balaban J connectivity index is 1.60. The third-order valence-corrected chi connectivity index (χ3v) is 3.71. The summed E-state index contributed by atoms with van der Waals surface area (Å²) in [7, 11) is 0. The molecular formula is C14H19N5. The number of rotatable bonds is 6. The van der Waals surface area contributed by atoms with Crippen LogP contribution >= 0.6 is 0 Å². The van der Waals surface area contributed by atoms with Crippen LogP contribution in [0, 0.1) is 11.8 Å². The molecule has 1 fully saturated rings. The third kappa shape index (κ3) is 2.98. The van der Waals surface area contributed by atoms with Crippen molar-refractivity contribution in [2.24, 2.45) is 11.8 Å². The van der Waals surface area contributed by atoms with E-state index in [4.69, 9.17) is 0 Å². The van der Waals surface area contributed by atoms with Gasteiger partial charge >= 0.3 is 0 Å². The Hall–Kier alpha value is -1.75. The van der Waals surface area contributed by atoms with Gasteiger partial charge in [-0.3, -0.25) is 0 Å². The van der Waals surface area contributed by atoms with Gasteiger partial charge in [0.05, 0.1) is 12.2 Å². The number of nitrogens with one attached hydrogen (secondary N) is 1. The van der Waals surface area contributed by atoms with Gasteiger partial charge in [0.25, 0.3) is 0 Å². The van der Waals surface area contributed by atoms with Crippen LogP contribution in [0.25, 0.3) is 5.69 Å². The third-order valence-electron chi connectivity index (χ3n) is 3.71. The first-order valence-electron chi connectivity index (χ1n) is 6.88. The molecule has 0 bridgehead atoms. The molecule has 0 saturated heterocycles. The molecule has 1 N–H and O–H groups in total. The maximum Gasteiger partial charge on any atom is 0.170 e. The number of aromatic nitrogens is 4. The quantitative estimate of drug-likeness (QED) is 0.857. The molecule has 0 spiro atoms. The van der Waals surface area contributed by atoms with E-state index in [1.165, 1.54) is 12.8 Å². The lowest BCUT2D eigenvalue weighted by Gasteiger charge is -2.11. The zero-order valence-corrected chi connectivity index (χ0v) is 11.2. The Morgan fingerprint density at radius 1 is 1.32 bits per heavy atom. The van der Waals surface area contributed by atoms with E-state index in [1.54, 1.807) is 4.68 Å². The average molecular weight is 257 g/mol. The van der Waals surface area contributed by atoms with E-state index in [2.05, 4.69) is 27.8 Å². The summed E-state index contributed by atoms with van der Waals surface area (Å²) in [5.74, 6) is 2.54. The molecule has 3 rings (SSSR count). The first-order valence-corrected chi connectivity index (χ1v) is 6.88. The zero-order valence-electron chi connectivity index (χ0n) is 11.2. The van der Waals surface area contributed by atoms with E-state index >= 15 is 0 Å². The molecule has 5 heteroatoms. The highest BCUT2D eigenvalue weighted by Gasteiger charge is 2.27. The van der Waals surface area contributed by atoms with Crippen molar-refractivity contribution in [1.29, 1.82) is 0 Å². The lowest BCUT2D eigenvalue weighted by Crippen LogP contribution is -2.23. The van der Waals surface area contributed by atoms with Gasteiger partial charge in [0.15, 0.2) is 5.82 Å². The Kier molecular flexibility index (Phi) is 3.55. The van der Waals surface area contributed by atoms with Crippen molar-refractivity contribution in [3.63, 3.8) is 0 Å². The Morgan fingerprint density at radius 2 is 2.11 bits per heavy atom. The summed E-state index contributed by atoms with van der Waals surface area (Å²) in [6.07, 6.45) is 2.79. The summed E-state index contributed by atoms with van der Waals surface area (Å²) in [6.45, 7) is 4.05. The lowest BCUT2D eigenvalue weighted by atomic mass is 10.1. The summed E-state index contributed by atoms with van der Waals surface area (Å²) in [6, 6.07) is 9.98. The second-order valence-corrected chi connectivity index (χ2v) is 5.29. The van der Waals surface area contributed by atoms with Crippen LogP contribution in [0.3, 0.4) is 0 Å². The van der Waals surface area contributed by atoms with Crippen LogP contribution in [0.2, 0.25) is 0 Å². The van der Waals surface area contributed by atoms with E-state index in [-0.39, 0.29) is 0 Å². The maximum absolute atomic E-state index is 4.09. The summed E-state index contributed by atoms with van der Waals surface area (Å²) < 4.78 is 1.79. The second kappa shape index (κ2) is 5.48. The molecule has 1 unspecified atom stereocenters. The van der Waals surface area contributed by atoms with Crippen molar-refractivity contribution in [3.8, 4) is 5.69 Å². The highest BCUT2D eigenvalue weighted by molar-refractivity contribution is 5.30. The van der Waals surface area contributed by atoms with Crippen LogP contribution in [0.4, 0.5) is 0 Å². The highest BCUT2D eigenvalue weighted by Crippen LogP contribution is 2.36. The molecule has 0 aliphatic heterocycles. The summed E-state index contributed by atoms with van der Waals surface area (Å²) in [5, 5.41) is 15.4. The standard InChI is InChI=1S/C14H19N5/c1-11(12-7-8-12)9-15-10-14-16-17-18-19(14)13-5-3-2-4-6-13/h2-6,11-12,15H,7-10H2,1H3. The predicted octanol–water partition coefficient (Wildman–Crippen LogP) is 1.80. The van der Waals surface area contributed by atoms with Crippen LogP contribution in [0.1, 0.15) is 25.6 Å². The first-order chi connectivity index (χ1) is 9.34. The van der Waals surface area contributed by atoms with Gasteiger partial charge in [-0.1, -0.05) is 25.1 Å². The maximum atomic E-state index is 4.09. The molecule has 19 heavy (non-hydrogen) atoms. The molecule has 1 aliphatic rings. The number of hydrogen-bond acceptors (Lipinski definition) is 4. The van der Waals surface area contributed by atoms with Gasteiger partial charge in [0.1, 0.15) is 0 Å². The van der Waals surface area contributed by atoms with Crippen molar-refractivity contribution in [1.82, 2.24) is 25.5 Å². The van der Waals surface area contributed by atoms with Gasteiger partial charge in [0.2, 0.25) is 0 Å². The largest absolute Gasteiger partial charge is 0.310 e. The van der Waals surface area contributed by atoms with Gasteiger partial charge in [0, 0.05) is 0 Å². The minimum absolute atomic E-state index is 0.707. The van der Waals surface area contributed by atoms with Crippen molar-refractivity contribution < 1.29 is 0 Å². The van der Waals surface area contributed by atoms with E-state index in [0.29, 0.717) is 6.54 Å². The fourth-order valence-electron chi connectivity index (χ4n) is 2.33. The predicted molar refractivity (Wildman–Crippen MR) is 72.7 cm³/mol. The normalized spacial score (nSPS) is 16.5. The molecule has 0 amide bonds. The summed E-state index contributed by atoms with van der Waals surface area (Å²) in [4.78, 5) is 0. The SMILES string of the molecule is CC(CNCc1nnnn1-c1ccccc1)C1CC1. The van der Waals surface area contributed by atoms with E-state index in [9.17, 15) is 0 Å². The fraction of sp³-hybridized carbons (Fsp3) is 0.500. The van der Waals surface area contributed by atoms with Crippen molar-refractivity contribution >= 4 is 0 Å². The molecular weight excluding hydrogens is 238 g/mol. The number of para-hydroxylation sites is 1. The number of hydrogen-bond donors (Lipinski definition) is 1. The first kappa shape index (κ1) is 12.3. The van der Waals surface area contributed by atoms with Crippen molar-refractivity contribution in [2.75, 3.05) is 6.54 Å². The summed E-state index contributed by atoms with van der Waals surface area (Å²) >= 11 is 0. The number of tetrazole rings is 1. The highest BCUT2D eigenvalue weighted by atomic mass is 15.5. The molecule has 0 radical (unpaired) electrons. The van der Waals surface area contributed by atoms with Gasteiger partial charge in [-0.2, -0.15) is 4.68 Å².